The van der Waals surface area contributed by atoms with Crippen molar-refractivity contribution in [1.82, 2.24) is 0 Å². The van der Waals surface area contributed by atoms with E-state index in [1.54, 1.807) is 21.3 Å². The molecule has 1 rings (SSSR count). The van der Waals surface area contributed by atoms with Gasteiger partial charge in [-0.3, -0.25) is 0 Å². The molecule has 1 atom stereocenters. The Kier molecular flexibility index (Phi) is 8.09. The average molecular weight is 276 g/mol. The Hall–Kier alpha value is -0.693. The van der Waals surface area contributed by atoms with Gasteiger partial charge in [-0.15, -0.1) is 0 Å². The summed E-state index contributed by atoms with van der Waals surface area (Å²) in [6.07, 6.45) is 3.54. The van der Waals surface area contributed by atoms with Crippen LogP contribution in [0.15, 0.2) is 12.2 Å². The highest BCUT2D eigenvalue weighted by molar-refractivity contribution is 6.68. The second kappa shape index (κ2) is 8.42. The van der Waals surface area contributed by atoms with E-state index in [2.05, 4.69) is 6.58 Å². The highest BCUT2D eigenvalue weighted by Crippen LogP contribution is 2.30. The van der Waals surface area contributed by atoms with Gasteiger partial charge in [0.2, 0.25) is 0 Å². The molecule has 0 aromatic carbocycles. The van der Waals surface area contributed by atoms with Gasteiger partial charge in [-0.1, -0.05) is 19.4 Å². The maximum absolute atomic E-state index is 9.60. The lowest BCUT2D eigenvalue weighted by atomic mass is 10.2. The van der Waals surface area contributed by atoms with Crippen molar-refractivity contribution < 1.29 is 23.5 Å². The highest BCUT2D eigenvalue weighted by atomic mass is 28.4. The maximum Gasteiger partial charge on any atom is 0.367 e. The number of carboxylic acids is 1. The van der Waals surface area contributed by atoms with E-state index >= 15 is 0 Å². The van der Waals surface area contributed by atoms with Crippen LogP contribution in [-0.4, -0.2) is 46.7 Å². The largest absolute Gasteiger partial charge is 0.478 e. The number of hydrogen-bond donors (Lipinski definition) is 1. The first-order valence-corrected chi connectivity index (χ1v) is 8.05. The monoisotopic (exact) mass is 276 g/mol. The molecular formula is C12H24O5Si. The normalized spacial score (nSPS) is 21.7. The van der Waals surface area contributed by atoms with Crippen molar-refractivity contribution in [1.29, 1.82) is 0 Å². The van der Waals surface area contributed by atoms with Crippen LogP contribution >= 0.6 is 0 Å². The van der Waals surface area contributed by atoms with Gasteiger partial charge in [0.15, 0.2) is 0 Å². The first-order chi connectivity index (χ1) is 8.43. The number of hydrogen-bond acceptors (Lipinski definition) is 4. The van der Waals surface area contributed by atoms with Gasteiger partial charge in [-0.2, -0.15) is 0 Å². The minimum atomic E-state index is -1.98. The van der Waals surface area contributed by atoms with Crippen molar-refractivity contribution >= 4 is 14.5 Å². The number of carboxylic acid groups (broad SMARTS) is 1. The summed E-state index contributed by atoms with van der Waals surface area (Å²) >= 11 is 0. The molecule has 0 aromatic heterocycles. The minimum Gasteiger partial charge on any atom is -0.478 e. The van der Waals surface area contributed by atoms with E-state index in [4.69, 9.17) is 18.7 Å². The van der Waals surface area contributed by atoms with E-state index in [0.29, 0.717) is 0 Å². The van der Waals surface area contributed by atoms with Crippen molar-refractivity contribution in [2.45, 2.75) is 38.0 Å². The molecule has 18 heavy (non-hydrogen) atoms. The van der Waals surface area contributed by atoms with Gasteiger partial charge in [0.25, 0.3) is 0 Å². The Bertz CT molecular complexity index is 264. The van der Waals surface area contributed by atoms with E-state index in [0.717, 1.165) is 12.5 Å². The SMILES string of the molecule is C=C(C)C(=O)O.COC1CCCC[Si]1(OC)OC. The Labute approximate surface area is 110 Å². The van der Waals surface area contributed by atoms with Gasteiger partial charge in [0.05, 0.1) is 0 Å². The molecule has 1 N–H and O–H groups in total. The molecule has 106 valence electrons. The molecule has 0 aliphatic carbocycles. The van der Waals surface area contributed by atoms with Crippen LogP contribution in [0.5, 0.6) is 0 Å². The van der Waals surface area contributed by atoms with Crippen LogP contribution in [0.25, 0.3) is 0 Å². The number of ether oxygens (including phenoxy) is 1. The predicted molar refractivity (Wildman–Crippen MR) is 71.7 cm³/mol. The summed E-state index contributed by atoms with van der Waals surface area (Å²) < 4.78 is 16.4. The van der Waals surface area contributed by atoms with Gasteiger partial charge in [-0.25, -0.2) is 4.79 Å². The lowest BCUT2D eigenvalue weighted by molar-refractivity contribution is -0.132. The number of aliphatic carboxylic acids is 1. The van der Waals surface area contributed by atoms with Gasteiger partial charge in [0, 0.05) is 26.9 Å². The average Bonchev–Trinajstić information content (AvgIpc) is 2.39. The van der Waals surface area contributed by atoms with E-state index in [1.807, 2.05) is 0 Å². The third kappa shape index (κ3) is 4.89. The summed E-state index contributed by atoms with van der Waals surface area (Å²) in [6, 6.07) is 1.07. The third-order valence-corrected chi connectivity index (χ3v) is 7.01. The molecule has 1 saturated heterocycles. The minimum absolute atomic E-state index is 0.176. The highest BCUT2D eigenvalue weighted by Gasteiger charge is 2.46. The lowest BCUT2D eigenvalue weighted by Crippen LogP contribution is -2.54. The van der Waals surface area contributed by atoms with E-state index in [9.17, 15) is 4.79 Å². The molecule has 0 spiro atoms. The predicted octanol–water partition coefficient (Wildman–Crippen LogP) is 2.11. The second-order valence-corrected chi connectivity index (χ2v) is 7.86. The number of methoxy groups -OCH3 is 1. The fourth-order valence-corrected chi connectivity index (χ4v) is 5.10. The quantitative estimate of drug-likeness (QED) is 0.629. The molecule has 1 unspecified atom stereocenters. The molecule has 0 bridgehead atoms. The third-order valence-electron chi connectivity index (χ3n) is 3.07. The summed E-state index contributed by atoms with van der Waals surface area (Å²) in [6.45, 7) is 4.60. The zero-order chi connectivity index (χ0) is 14.2. The van der Waals surface area contributed by atoms with E-state index < -0.39 is 14.5 Å². The molecule has 0 radical (unpaired) electrons. The first kappa shape index (κ1) is 17.3. The van der Waals surface area contributed by atoms with Gasteiger partial charge < -0.3 is 18.7 Å². The summed E-state index contributed by atoms with van der Waals surface area (Å²) in [4.78, 5) is 9.60. The molecular weight excluding hydrogens is 252 g/mol. The number of rotatable bonds is 4. The smallest absolute Gasteiger partial charge is 0.367 e. The molecule has 0 aromatic rings. The topological polar surface area (TPSA) is 65.0 Å². The van der Waals surface area contributed by atoms with Crippen LogP contribution in [0.4, 0.5) is 0 Å². The summed E-state index contributed by atoms with van der Waals surface area (Å²) in [5, 5.41) is 7.89. The van der Waals surface area contributed by atoms with Crippen LogP contribution in [-0.2, 0) is 18.4 Å². The first-order valence-electron chi connectivity index (χ1n) is 5.95. The van der Waals surface area contributed by atoms with Gasteiger partial charge in [0.1, 0.15) is 5.73 Å². The molecule has 1 fully saturated rings. The van der Waals surface area contributed by atoms with Crippen molar-refractivity contribution in [3.8, 4) is 0 Å². The Morgan fingerprint density at radius 2 is 1.78 bits per heavy atom. The molecule has 1 aliphatic rings. The van der Waals surface area contributed by atoms with Crippen LogP contribution < -0.4 is 0 Å². The Balaban J connectivity index is 0.000000411. The fraction of sp³-hybridized carbons (Fsp3) is 0.750. The van der Waals surface area contributed by atoms with Crippen LogP contribution in [0.1, 0.15) is 26.2 Å². The van der Waals surface area contributed by atoms with Crippen molar-refractivity contribution in [3.05, 3.63) is 12.2 Å². The summed E-state index contributed by atoms with van der Waals surface area (Å²) in [5.41, 5.74) is 0.399. The van der Waals surface area contributed by atoms with Gasteiger partial charge in [-0.05, 0) is 19.4 Å². The second-order valence-electron chi connectivity index (χ2n) is 4.28. The standard InChI is InChI=1S/C8H18O3Si.C4H6O2/c1-9-8-6-4-5-7-12(8,10-2)11-3;1-3(2)4(5)6/h8H,4-7H2,1-3H3;1H2,2H3,(H,5,6). The summed E-state index contributed by atoms with van der Waals surface area (Å²) in [5.74, 6) is -0.935. The summed E-state index contributed by atoms with van der Waals surface area (Å²) in [7, 11) is 3.25. The molecule has 1 heterocycles. The molecule has 0 amide bonds. The molecule has 6 heteroatoms. The Morgan fingerprint density at radius 3 is 2.06 bits per heavy atom. The van der Waals surface area contributed by atoms with E-state index in [-0.39, 0.29) is 11.3 Å². The van der Waals surface area contributed by atoms with Crippen LogP contribution in [0.3, 0.4) is 0 Å². The van der Waals surface area contributed by atoms with Crippen molar-refractivity contribution in [2.75, 3.05) is 21.3 Å². The van der Waals surface area contributed by atoms with Crippen LogP contribution in [0, 0.1) is 0 Å². The molecule has 0 saturated carbocycles. The maximum atomic E-state index is 9.60. The molecule has 1 aliphatic heterocycles. The van der Waals surface area contributed by atoms with E-state index in [1.165, 1.54) is 19.8 Å². The van der Waals surface area contributed by atoms with Crippen LogP contribution in [0.2, 0.25) is 6.04 Å². The van der Waals surface area contributed by atoms with Crippen molar-refractivity contribution in [3.63, 3.8) is 0 Å². The Morgan fingerprint density at radius 1 is 1.28 bits per heavy atom. The molecule has 5 nitrogen and oxygen atoms in total. The zero-order valence-electron chi connectivity index (χ0n) is 11.7. The fourth-order valence-electron chi connectivity index (χ4n) is 1.93. The van der Waals surface area contributed by atoms with Crippen molar-refractivity contribution in [2.24, 2.45) is 0 Å². The van der Waals surface area contributed by atoms with Gasteiger partial charge >= 0.3 is 14.5 Å². The number of carbonyl (C=O) groups is 1. The zero-order valence-corrected chi connectivity index (χ0v) is 12.7. The lowest BCUT2D eigenvalue weighted by Gasteiger charge is -2.37.